The van der Waals surface area contributed by atoms with E-state index in [1.165, 1.54) is 18.2 Å². The highest BCUT2D eigenvalue weighted by molar-refractivity contribution is 6.22. The average Bonchev–Trinajstić information content (AvgIpc) is 2.89. The summed E-state index contributed by atoms with van der Waals surface area (Å²) in [5.74, 6) is -3.08. The van der Waals surface area contributed by atoms with Gasteiger partial charge >= 0.3 is 6.18 Å². The maximum absolute atomic E-state index is 13.2. The molecule has 1 N–H and O–H groups in total. The maximum Gasteiger partial charge on any atom is 0.393 e. The molecule has 0 radical (unpaired) electrons. The zero-order chi connectivity index (χ0) is 20.5. The number of unbranched alkanes of at least 4 members (excludes halogenated alkanes) is 1. The molecule has 1 aromatic carbocycles. The summed E-state index contributed by atoms with van der Waals surface area (Å²) in [5, 5.41) is 2.49. The molecular weight excluding hydrogens is 373 g/mol. The highest BCUT2D eigenvalue weighted by Gasteiger charge is 2.46. The van der Waals surface area contributed by atoms with Crippen LogP contribution in [0.25, 0.3) is 0 Å². The van der Waals surface area contributed by atoms with Crippen molar-refractivity contribution in [2.24, 2.45) is 5.92 Å². The van der Waals surface area contributed by atoms with Crippen molar-refractivity contribution < 1.29 is 27.6 Å². The molecule has 1 saturated carbocycles. The van der Waals surface area contributed by atoms with Gasteiger partial charge in [-0.3, -0.25) is 19.3 Å². The molecule has 1 aliphatic carbocycles. The Hall–Kier alpha value is -2.38. The normalized spacial score (nSPS) is 22.4. The van der Waals surface area contributed by atoms with Crippen LogP contribution >= 0.6 is 0 Å². The van der Waals surface area contributed by atoms with Gasteiger partial charge in [-0.1, -0.05) is 26.2 Å². The Morgan fingerprint density at radius 2 is 1.82 bits per heavy atom. The zero-order valence-corrected chi connectivity index (χ0v) is 15.6. The summed E-state index contributed by atoms with van der Waals surface area (Å²) in [4.78, 5) is 38.5. The van der Waals surface area contributed by atoms with Gasteiger partial charge < -0.3 is 5.32 Å². The minimum atomic E-state index is -4.36. The minimum absolute atomic E-state index is 0.00197. The Morgan fingerprint density at radius 3 is 2.50 bits per heavy atom. The van der Waals surface area contributed by atoms with Crippen molar-refractivity contribution in [1.82, 2.24) is 10.2 Å². The highest BCUT2D eigenvalue weighted by atomic mass is 19.4. The van der Waals surface area contributed by atoms with Crippen molar-refractivity contribution in [3.8, 4) is 0 Å². The summed E-state index contributed by atoms with van der Waals surface area (Å²) in [6.07, 6.45) is -1.48. The van der Waals surface area contributed by atoms with Crippen molar-refractivity contribution in [2.75, 3.05) is 6.54 Å². The molecule has 5 nitrogen and oxygen atoms in total. The van der Waals surface area contributed by atoms with Crippen molar-refractivity contribution in [3.05, 3.63) is 34.9 Å². The monoisotopic (exact) mass is 396 g/mol. The van der Waals surface area contributed by atoms with Crippen LogP contribution in [0, 0.1) is 5.92 Å². The van der Waals surface area contributed by atoms with Gasteiger partial charge in [0.05, 0.1) is 17.0 Å². The SMILES string of the molecule is CCCCN1C(=O)c2ccc(C(=O)NC3CCCCC3C(F)(F)F)cc2C1=O. The topological polar surface area (TPSA) is 66.5 Å². The van der Waals surface area contributed by atoms with E-state index in [0.717, 1.165) is 11.3 Å². The summed E-state index contributed by atoms with van der Waals surface area (Å²) in [6, 6.07) is 3.11. The van der Waals surface area contributed by atoms with Gasteiger partial charge in [0.2, 0.25) is 0 Å². The molecule has 0 aromatic heterocycles. The van der Waals surface area contributed by atoms with Crippen LogP contribution in [0.3, 0.4) is 0 Å². The smallest absolute Gasteiger partial charge is 0.349 e. The van der Waals surface area contributed by atoms with Gasteiger partial charge in [-0.15, -0.1) is 0 Å². The van der Waals surface area contributed by atoms with Gasteiger partial charge in [-0.05, 0) is 37.5 Å². The minimum Gasteiger partial charge on any atom is -0.349 e. The molecule has 3 amide bonds. The molecule has 28 heavy (non-hydrogen) atoms. The number of nitrogens with one attached hydrogen (secondary N) is 1. The van der Waals surface area contributed by atoms with Crippen molar-refractivity contribution in [3.63, 3.8) is 0 Å². The summed E-state index contributed by atoms with van der Waals surface area (Å²) in [7, 11) is 0. The number of hydrogen-bond donors (Lipinski definition) is 1. The average molecular weight is 396 g/mol. The van der Waals surface area contributed by atoms with Crippen LogP contribution in [-0.2, 0) is 0 Å². The highest BCUT2D eigenvalue weighted by Crippen LogP contribution is 2.38. The largest absolute Gasteiger partial charge is 0.393 e. The van der Waals surface area contributed by atoms with Crippen molar-refractivity contribution in [1.29, 1.82) is 0 Å². The fraction of sp³-hybridized carbons (Fsp3) is 0.550. The molecule has 1 heterocycles. The van der Waals surface area contributed by atoms with Crippen LogP contribution in [-0.4, -0.2) is 41.4 Å². The predicted molar refractivity (Wildman–Crippen MR) is 96.0 cm³/mol. The summed E-state index contributed by atoms with van der Waals surface area (Å²) in [5.41, 5.74) is 0.442. The lowest BCUT2D eigenvalue weighted by Gasteiger charge is -2.33. The summed E-state index contributed by atoms with van der Waals surface area (Å²) >= 11 is 0. The second kappa shape index (κ2) is 7.93. The van der Waals surface area contributed by atoms with E-state index in [0.29, 0.717) is 25.8 Å². The number of amides is 3. The second-order valence-corrected chi connectivity index (χ2v) is 7.39. The fourth-order valence-electron chi connectivity index (χ4n) is 3.90. The standard InChI is InChI=1S/C20H23F3N2O3/c1-2-3-10-25-18(27)13-9-8-12(11-14(13)19(25)28)17(26)24-16-7-5-4-6-15(16)20(21,22)23/h8-9,11,15-16H,2-7,10H2,1H3,(H,24,26). The van der Waals surface area contributed by atoms with Crippen LogP contribution in [0.2, 0.25) is 0 Å². The Morgan fingerprint density at radius 1 is 1.14 bits per heavy atom. The van der Waals surface area contributed by atoms with E-state index in [2.05, 4.69) is 5.32 Å². The first-order valence-electron chi connectivity index (χ1n) is 9.62. The Balaban J connectivity index is 1.77. The van der Waals surface area contributed by atoms with Gasteiger partial charge in [0.25, 0.3) is 17.7 Å². The molecular formula is C20H23F3N2O3. The predicted octanol–water partition coefficient (Wildman–Crippen LogP) is 3.93. The number of imide groups is 1. The first-order valence-corrected chi connectivity index (χ1v) is 9.62. The molecule has 0 saturated heterocycles. The van der Waals surface area contributed by atoms with E-state index >= 15 is 0 Å². The van der Waals surface area contributed by atoms with Crippen LogP contribution in [0.4, 0.5) is 13.2 Å². The zero-order valence-electron chi connectivity index (χ0n) is 15.6. The van der Waals surface area contributed by atoms with E-state index < -0.39 is 35.9 Å². The Bertz CT molecular complexity index is 791. The Kier molecular flexibility index (Phi) is 5.76. The number of carbonyl (C=O) groups is 3. The van der Waals surface area contributed by atoms with E-state index in [1.807, 2.05) is 6.92 Å². The number of fused-ring (bicyclic) bond motifs is 1. The first kappa shape index (κ1) is 20.4. The number of hydrogen-bond acceptors (Lipinski definition) is 3. The third-order valence-electron chi connectivity index (χ3n) is 5.47. The fourth-order valence-corrected chi connectivity index (χ4v) is 3.90. The van der Waals surface area contributed by atoms with Crippen molar-refractivity contribution in [2.45, 2.75) is 57.7 Å². The molecule has 3 rings (SSSR count). The number of alkyl halides is 3. The van der Waals surface area contributed by atoms with Crippen molar-refractivity contribution >= 4 is 17.7 Å². The molecule has 1 aliphatic heterocycles. The molecule has 1 aromatic rings. The van der Waals surface area contributed by atoms with Gasteiger partial charge in [-0.25, -0.2) is 0 Å². The lowest BCUT2D eigenvalue weighted by atomic mass is 9.84. The van der Waals surface area contributed by atoms with E-state index in [4.69, 9.17) is 0 Å². The molecule has 2 unspecified atom stereocenters. The number of halogens is 3. The van der Waals surface area contributed by atoms with Gasteiger partial charge in [0, 0.05) is 18.2 Å². The van der Waals surface area contributed by atoms with Crippen LogP contribution in [0.1, 0.15) is 76.5 Å². The van der Waals surface area contributed by atoms with Gasteiger partial charge in [-0.2, -0.15) is 13.2 Å². The number of nitrogens with zero attached hydrogens (tertiary/aromatic N) is 1. The molecule has 152 valence electrons. The lowest BCUT2D eigenvalue weighted by molar-refractivity contribution is -0.187. The summed E-state index contributed by atoms with van der Waals surface area (Å²) in [6.45, 7) is 2.25. The molecule has 1 fully saturated rings. The van der Waals surface area contributed by atoms with Gasteiger partial charge in [0.15, 0.2) is 0 Å². The van der Waals surface area contributed by atoms with E-state index in [9.17, 15) is 27.6 Å². The molecule has 2 aliphatic rings. The van der Waals surface area contributed by atoms with Gasteiger partial charge in [0.1, 0.15) is 0 Å². The van der Waals surface area contributed by atoms with Crippen LogP contribution in [0.5, 0.6) is 0 Å². The second-order valence-electron chi connectivity index (χ2n) is 7.39. The van der Waals surface area contributed by atoms with E-state index in [1.54, 1.807) is 0 Å². The third-order valence-corrected chi connectivity index (χ3v) is 5.47. The number of carbonyl (C=O) groups excluding carboxylic acids is 3. The molecule has 2 atom stereocenters. The first-order chi connectivity index (χ1) is 13.2. The molecule has 8 heteroatoms. The van der Waals surface area contributed by atoms with Crippen LogP contribution in [0.15, 0.2) is 18.2 Å². The number of benzene rings is 1. The van der Waals surface area contributed by atoms with Crippen LogP contribution < -0.4 is 5.32 Å². The quantitative estimate of drug-likeness (QED) is 0.767. The lowest BCUT2D eigenvalue weighted by Crippen LogP contribution is -2.47. The maximum atomic E-state index is 13.2. The third kappa shape index (κ3) is 3.91. The molecule has 0 bridgehead atoms. The number of rotatable bonds is 5. The molecule has 0 spiro atoms. The van der Waals surface area contributed by atoms with E-state index in [-0.39, 0.29) is 29.5 Å². The Labute approximate surface area is 161 Å². The summed E-state index contributed by atoms with van der Waals surface area (Å²) < 4.78 is 39.7.